The van der Waals surface area contributed by atoms with E-state index in [1.54, 1.807) is 23.5 Å². The molecule has 2 rings (SSSR count). The van der Waals surface area contributed by atoms with Crippen molar-refractivity contribution in [2.75, 3.05) is 0 Å². The van der Waals surface area contributed by atoms with E-state index < -0.39 is 0 Å². The van der Waals surface area contributed by atoms with Gasteiger partial charge in [-0.05, 0) is 47.5 Å². The van der Waals surface area contributed by atoms with Crippen molar-refractivity contribution in [2.24, 2.45) is 0 Å². The van der Waals surface area contributed by atoms with Crippen LogP contribution in [0.25, 0.3) is 11.1 Å². The number of thiophene rings is 1. The van der Waals surface area contributed by atoms with Gasteiger partial charge in [-0.15, -0.1) is 11.3 Å². The fourth-order valence-corrected chi connectivity index (χ4v) is 3.54. The van der Waals surface area contributed by atoms with E-state index in [0.29, 0.717) is 0 Å². The van der Waals surface area contributed by atoms with Crippen molar-refractivity contribution in [3.8, 4) is 22.6 Å². The monoisotopic (exact) mass is 298 g/mol. The van der Waals surface area contributed by atoms with Gasteiger partial charge in [0.2, 0.25) is 0 Å². The summed E-state index contributed by atoms with van der Waals surface area (Å²) >= 11 is 5.26. The smallest absolute Gasteiger partial charge is 0.158 e. The lowest BCUT2D eigenvalue weighted by Crippen LogP contribution is -1.79. The van der Waals surface area contributed by atoms with Crippen molar-refractivity contribution in [1.29, 1.82) is 0 Å². The zero-order valence-corrected chi connectivity index (χ0v) is 11.3. The van der Waals surface area contributed by atoms with Crippen molar-refractivity contribution >= 4 is 27.3 Å². The molecule has 0 saturated heterocycles. The van der Waals surface area contributed by atoms with Crippen LogP contribution in [0.4, 0.5) is 0 Å². The number of rotatable bonds is 1. The molecule has 1 heterocycles. The Labute approximate surface area is 106 Å². The van der Waals surface area contributed by atoms with Gasteiger partial charge in [-0.1, -0.05) is 6.07 Å². The van der Waals surface area contributed by atoms with Crippen LogP contribution in [0.2, 0.25) is 0 Å². The number of aromatic hydroxyl groups is 2. The normalized spacial score (nSPS) is 10.7. The van der Waals surface area contributed by atoms with Gasteiger partial charge < -0.3 is 10.2 Å². The van der Waals surface area contributed by atoms with Gasteiger partial charge in [0, 0.05) is 19.8 Å². The maximum atomic E-state index is 9.49. The molecule has 1 aromatic carbocycles. The molecule has 0 aliphatic rings. The van der Waals surface area contributed by atoms with Crippen molar-refractivity contribution in [3.05, 3.63) is 32.4 Å². The first-order chi connectivity index (χ1) is 7.50. The number of phenolic OH excluding ortho intramolecular Hbond substituents is 2. The standard InChI is InChI=1S/C12H11BrO2S/c1-6-11(12(13)7(2)16-6)8-3-4-9(14)10(15)5-8/h3-5,14-15H,1-2H3. The molecular formula is C12H11BrO2S. The van der Waals surface area contributed by atoms with Crippen LogP contribution < -0.4 is 0 Å². The van der Waals surface area contributed by atoms with Gasteiger partial charge in [-0.2, -0.15) is 0 Å². The summed E-state index contributed by atoms with van der Waals surface area (Å²) in [6, 6.07) is 4.88. The molecule has 0 aliphatic carbocycles. The summed E-state index contributed by atoms with van der Waals surface area (Å²) in [6.07, 6.45) is 0. The van der Waals surface area contributed by atoms with Crippen LogP contribution in [0.1, 0.15) is 9.75 Å². The van der Waals surface area contributed by atoms with E-state index in [1.165, 1.54) is 15.8 Å². The summed E-state index contributed by atoms with van der Waals surface area (Å²) in [4.78, 5) is 2.40. The van der Waals surface area contributed by atoms with Gasteiger partial charge in [0.25, 0.3) is 0 Å². The van der Waals surface area contributed by atoms with Gasteiger partial charge >= 0.3 is 0 Å². The highest BCUT2D eigenvalue weighted by Gasteiger charge is 2.13. The van der Waals surface area contributed by atoms with Crippen LogP contribution >= 0.6 is 27.3 Å². The number of hydrogen-bond acceptors (Lipinski definition) is 3. The van der Waals surface area contributed by atoms with Gasteiger partial charge in [-0.3, -0.25) is 0 Å². The summed E-state index contributed by atoms with van der Waals surface area (Å²) in [6.45, 7) is 4.09. The van der Waals surface area contributed by atoms with Crippen molar-refractivity contribution in [1.82, 2.24) is 0 Å². The summed E-state index contributed by atoms with van der Waals surface area (Å²) in [5.74, 6) is -0.183. The number of halogens is 1. The first kappa shape index (κ1) is 11.5. The topological polar surface area (TPSA) is 40.5 Å². The minimum atomic E-state index is -0.0931. The van der Waals surface area contributed by atoms with Crippen LogP contribution in [0, 0.1) is 13.8 Å². The van der Waals surface area contributed by atoms with Gasteiger partial charge in [0.15, 0.2) is 11.5 Å². The Hall–Kier alpha value is -1.00. The molecule has 2 N–H and O–H groups in total. The molecule has 0 amide bonds. The third kappa shape index (κ3) is 1.83. The van der Waals surface area contributed by atoms with Crippen LogP contribution in [0.3, 0.4) is 0 Å². The highest BCUT2D eigenvalue weighted by atomic mass is 79.9. The van der Waals surface area contributed by atoms with Crippen LogP contribution in [0.15, 0.2) is 22.7 Å². The third-order valence-corrected chi connectivity index (χ3v) is 4.73. The van der Waals surface area contributed by atoms with Crippen molar-refractivity contribution in [3.63, 3.8) is 0 Å². The minimum absolute atomic E-state index is 0.0901. The molecule has 4 heteroatoms. The van der Waals surface area contributed by atoms with Crippen LogP contribution in [-0.2, 0) is 0 Å². The maximum Gasteiger partial charge on any atom is 0.158 e. The molecule has 0 unspecified atom stereocenters. The molecule has 0 bridgehead atoms. The average molecular weight is 299 g/mol. The summed E-state index contributed by atoms with van der Waals surface area (Å²) in [7, 11) is 0. The predicted molar refractivity (Wildman–Crippen MR) is 70.3 cm³/mol. The summed E-state index contributed by atoms with van der Waals surface area (Å²) < 4.78 is 1.06. The fraction of sp³-hybridized carbons (Fsp3) is 0.167. The van der Waals surface area contributed by atoms with Gasteiger partial charge in [0.1, 0.15) is 0 Å². The molecule has 16 heavy (non-hydrogen) atoms. The Kier molecular flexibility index (Phi) is 2.95. The SMILES string of the molecule is Cc1sc(C)c(-c2ccc(O)c(O)c2)c1Br. The highest BCUT2D eigenvalue weighted by molar-refractivity contribution is 9.10. The Morgan fingerprint density at radius 2 is 1.75 bits per heavy atom. The number of aryl methyl sites for hydroxylation is 2. The predicted octanol–water partition coefficient (Wildman–Crippen LogP) is 4.21. The van der Waals surface area contributed by atoms with Crippen molar-refractivity contribution < 1.29 is 10.2 Å². The zero-order valence-electron chi connectivity index (χ0n) is 8.91. The fourth-order valence-electron chi connectivity index (χ4n) is 1.66. The molecule has 0 aliphatic heterocycles. The third-order valence-electron chi connectivity index (χ3n) is 2.45. The lowest BCUT2D eigenvalue weighted by Gasteiger charge is -2.04. The van der Waals surface area contributed by atoms with E-state index in [2.05, 4.69) is 15.9 Å². The Morgan fingerprint density at radius 1 is 1.06 bits per heavy atom. The second-order valence-electron chi connectivity index (χ2n) is 3.61. The minimum Gasteiger partial charge on any atom is -0.504 e. The lowest BCUT2D eigenvalue weighted by atomic mass is 10.1. The molecule has 0 fully saturated rings. The van der Waals surface area contributed by atoms with E-state index in [0.717, 1.165) is 15.6 Å². The molecule has 2 aromatic rings. The summed E-state index contributed by atoms with van der Waals surface area (Å²) in [5, 5.41) is 18.8. The first-order valence-electron chi connectivity index (χ1n) is 4.78. The van der Waals surface area contributed by atoms with E-state index >= 15 is 0 Å². The molecule has 0 radical (unpaired) electrons. The van der Waals surface area contributed by atoms with Crippen LogP contribution in [-0.4, -0.2) is 10.2 Å². The Bertz CT molecular complexity index is 546. The van der Waals surface area contributed by atoms with Gasteiger partial charge in [-0.25, -0.2) is 0 Å². The quantitative estimate of drug-likeness (QED) is 0.775. The first-order valence-corrected chi connectivity index (χ1v) is 6.39. The average Bonchev–Trinajstić information content (AvgIpc) is 2.47. The van der Waals surface area contributed by atoms with E-state index in [9.17, 15) is 10.2 Å². The lowest BCUT2D eigenvalue weighted by molar-refractivity contribution is 0.404. The zero-order chi connectivity index (χ0) is 11.9. The second kappa shape index (κ2) is 4.11. The van der Waals surface area contributed by atoms with E-state index in [1.807, 2.05) is 13.8 Å². The maximum absolute atomic E-state index is 9.49. The van der Waals surface area contributed by atoms with Crippen LogP contribution in [0.5, 0.6) is 11.5 Å². The molecular weight excluding hydrogens is 288 g/mol. The molecule has 0 atom stereocenters. The van der Waals surface area contributed by atoms with Crippen molar-refractivity contribution in [2.45, 2.75) is 13.8 Å². The molecule has 1 aromatic heterocycles. The molecule has 0 spiro atoms. The summed E-state index contributed by atoms with van der Waals surface area (Å²) in [5.41, 5.74) is 1.99. The number of phenols is 2. The van der Waals surface area contributed by atoms with Gasteiger partial charge in [0.05, 0.1) is 0 Å². The Balaban J connectivity index is 2.63. The number of hydrogen-bond donors (Lipinski definition) is 2. The second-order valence-corrected chi connectivity index (χ2v) is 5.83. The van der Waals surface area contributed by atoms with E-state index in [4.69, 9.17) is 0 Å². The highest BCUT2D eigenvalue weighted by Crippen LogP contribution is 2.41. The largest absolute Gasteiger partial charge is 0.504 e. The molecule has 2 nitrogen and oxygen atoms in total. The Morgan fingerprint density at radius 3 is 2.25 bits per heavy atom. The molecule has 0 saturated carbocycles. The molecule has 84 valence electrons. The van der Waals surface area contributed by atoms with E-state index in [-0.39, 0.29) is 11.5 Å². The number of benzene rings is 1.